The standard InChI is InChI=1S/C16H15ClN2O2/c1-10(19)12-4-6-14(13(17)8-12)21-15-5-3-11(9-18)7-16(15)20-2/h3-8,10H,19H2,1-2H3/t10-/m1/s1. The van der Waals surface area contributed by atoms with E-state index in [0.29, 0.717) is 27.8 Å². The summed E-state index contributed by atoms with van der Waals surface area (Å²) in [5.74, 6) is 1.47. The zero-order valence-corrected chi connectivity index (χ0v) is 12.5. The molecule has 0 saturated carbocycles. The summed E-state index contributed by atoms with van der Waals surface area (Å²) in [6.45, 7) is 1.88. The van der Waals surface area contributed by atoms with Gasteiger partial charge < -0.3 is 15.2 Å². The summed E-state index contributed by atoms with van der Waals surface area (Å²) in [7, 11) is 1.52. The Kier molecular flexibility index (Phi) is 4.69. The summed E-state index contributed by atoms with van der Waals surface area (Å²) in [5.41, 5.74) is 7.24. The Labute approximate surface area is 128 Å². The summed E-state index contributed by atoms with van der Waals surface area (Å²) in [4.78, 5) is 0. The maximum Gasteiger partial charge on any atom is 0.169 e. The van der Waals surface area contributed by atoms with Crippen molar-refractivity contribution in [1.82, 2.24) is 0 Å². The van der Waals surface area contributed by atoms with Crippen LogP contribution in [0, 0.1) is 11.3 Å². The highest BCUT2D eigenvalue weighted by molar-refractivity contribution is 6.32. The van der Waals surface area contributed by atoms with E-state index in [1.54, 1.807) is 30.3 Å². The molecule has 2 N–H and O–H groups in total. The first-order valence-corrected chi connectivity index (χ1v) is 6.74. The molecule has 0 aliphatic rings. The molecule has 0 spiro atoms. The number of ether oxygens (including phenoxy) is 2. The van der Waals surface area contributed by atoms with Crippen LogP contribution >= 0.6 is 11.6 Å². The first-order chi connectivity index (χ1) is 10.0. The molecule has 0 aliphatic heterocycles. The molecular weight excluding hydrogens is 288 g/mol. The first kappa shape index (κ1) is 15.2. The van der Waals surface area contributed by atoms with E-state index in [0.717, 1.165) is 5.56 Å². The number of rotatable bonds is 4. The molecule has 0 fully saturated rings. The average molecular weight is 303 g/mol. The van der Waals surface area contributed by atoms with Crippen molar-refractivity contribution in [3.05, 3.63) is 52.5 Å². The minimum Gasteiger partial charge on any atom is -0.493 e. The van der Waals surface area contributed by atoms with Crippen LogP contribution in [0.15, 0.2) is 36.4 Å². The fourth-order valence-corrected chi connectivity index (χ4v) is 2.05. The molecular formula is C16H15ClN2O2. The second-order valence-electron chi connectivity index (χ2n) is 4.56. The van der Waals surface area contributed by atoms with Gasteiger partial charge in [0.1, 0.15) is 5.75 Å². The second-order valence-corrected chi connectivity index (χ2v) is 4.97. The summed E-state index contributed by atoms with van der Waals surface area (Å²) in [5, 5.41) is 9.35. The van der Waals surface area contributed by atoms with Gasteiger partial charge >= 0.3 is 0 Å². The van der Waals surface area contributed by atoms with Gasteiger partial charge in [0, 0.05) is 12.1 Å². The maximum absolute atomic E-state index is 8.89. The van der Waals surface area contributed by atoms with E-state index < -0.39 is 0 Å². The summed E-state index contributed by atoms with van der Waals surface area (Å²) in [6.07, 6.45) is 0. The maximum atomic E-state index is 8.89. The molecule has 0 unspecified atom stereocenters. The van der Waals surface area contributed by atoms with E-state index in [1.165, 1.54) is 7.11 Å². The molecule has 5 heteroatoms. The Morgan fingerprint density at radius 3 is 2.43 bits per heavy atom. The first-order valence-electron chi connectivity index (χ1n) is 6.36. The molecule has 2 aromatic rings. The average Bonchev–Trinajstić information content (AvgIpc) is 2.49. The van der Waals surface area contributed by atoms with E-state index in [1.807, 2.05) is 19.1 Å². The highest BCUT2D eigenvalue weighted by Crippen LogP contribution is 2.36. The van der Waals surface area contributed by atoms with Crippen LogP contribution in [0.1, 0.15) is 24.1 Å². The predicted octanol–water partition coefficient (Wildman–Crippen LogP) is 4.03. The van der Waals surface area contributed by atoms with Gasteiger partial charge in [-0.25, -0.2) is 0 Å². The van der Waals surface area contributed by atoms with E-state index in [-0.39, 0.29) is 6.04 Å². The van der Waals surface area contributed by atoms with Crippen LogP contribution in [-0.4, -0.2) is 7.11 Å². The van der Waals surface area contributed by atoms with Crippen LogP contribution in [0.4, 0.5) is 0 Å². The number of methoxy groups -OCH3 is 1. The van der Waals surface area contributed by atoms with Crippen molar-refractivity contribution in [2.24, 2.45) is 5.73 Å². The highest BCUT2D eigenvalue weighted by Gasteiger charge is 2.11. The number of hydrogen-bond acceptors (Lipinski definition) is 4. The van der Waals surface area contributed by atoms with Gasteiger partial charge in [0.2, 0.25) is 0 Å². The molecule has 108 valence electrons. The van der Waals surface area contributed by atoms with Crippen LogP contribution in [0.25, 0.3) is 0 Å². The molecule has 4 nitrogen and oxygen atoms in total. The fourth-order valence-electron chi connectivity index (χ4n) is 1.82. The molecule has 0 heterocycles. The van der Waals surface area contributed by atoms with Crippen LogP contribution < -0.4 is 15.2 Å². The van der Waals surface area contributed by atoms with E-state index in [9.17, 15) is 0 Å². The number of nitrogens with two attached hydrogens (primary N) is 1. The quantitative estimate of drug-likeness (QED) is 0.925. The zero-order valence-electron chi connectivity index (χ0n) is 11.8. The minimum absolute atomic E-state index is 0.0963. The Morgan fingerprint density at radius 1 is 1.14 bits per heavy atom. The van der Waals surface area contributed by atoms with Crippen LogP contribution in [-0.2, 0) is 0 Å². The lowest BCUT2D eigenvalue weighted by atomic mass is 10.1. The van der Waals surface area contributed by atoms with Crippen molar-refractivity contribution >= 4 is 11.6 Å². The number of hydrogen-bond donors (Lipinski definition) is 1. The van der Waals surface area contributed by atoms with Gasteiger partial charge in [0.15, 0.2) is 11.5 Å². The Balaban J connectivity index is 2.32. The molecule has 0 radical (unpaired) electrons. The van der Waals surface area contributed by atoms with Crippen LogP contribution in [0.2, 0.25) is 5.02 Å². The number of nitriles is 1. The van der Waals surface area contributed by atoms with E-state index >= 15 is 0 Å². The van der Waals surface area contributed by atoms with Gasteiger partial charge in [-0.05, 0) is 36.8 Å². The minimum atomic E-state index is -0.0963. The summed E-state index contributed by atoms with van der Waals surface area (Å²) in [6, 6.07) is 12.3. The third-order valence-electron chi connectivity index (χ3n) is 2.99. The molecule has 21 heavy (non-hydrogen) atoms. The van der Waals surface area contributed by atoms with Crippen LogP contribution in [0.3, 0.4) is 0 Å². The lowest BCUT2D eigenvalue weighted by molar-refractivity contribution is 0.378. The SMILES string of the molecule is COc1cc(C#N)ccc1Oc1ccc([C@@H](C)N)cc1Cl. The van der Waals surface area contributed by atoms with Gasteiger partial charge in [-0.15, -0.1) is 0 Å². The number of halogens is 1. The van der Waals surface area contributed by atoms with Gasteiger partial charge in [-0.2, -0.15) is 5.26 Å². The molecule has 2 aromatic carbocycles. The Hall–Kier alpha value is -2.22. The van der Waals surface area contributed by atoms with Gasteiger partial charge in [-0.1, -0.05) is 17.7 Å². The van der Waals surface area contributed by atoms with Crippen molar-refractivity contribution in [3.63, 3.8) is 0 Å². The van der Waals surface area contributed by atoms with Crippen molar-refractivity contribution in [3.8, 4) is 23.3 Å². The molecule has 0 saturated heterocycles. The highest BCUT2D eigenvalue weighted by atomic mass is 35.5. The number of nitrogens with zero attached hydrogens (tertiary/aromatic N) is 1. The summed E-state index contributed by atoms with van der Waals surface area (Å²) >= 11 is 6.20. The van der Waals surface area contributed by atoms with Crippen LogP contribution in [0.5, 0.6) is 17.2 Å². The zero-order chi connectivity index (χ0) is 15.4. The molecule has 1 atom stereocenters. The monoisotopic (exact) mass is 302 g/mol. The Bertz CT molecular complexity index is 693. The van der Waals surface area contributed by atoms with Crippen molar-refractivity contribution in [2.75, 3.05) is 7.11 Å². The topological polar surface area (TPSA) is 68.3 Å². The second kappa shape index (κ2) is 6.49. The van der Waals surface area contributed by atoms with Gasteiger partial charge in [0.05, 0.1) is 23.8 Å². The number of benzene rings is 2. The molecule has 0 amide bonds. The van der Waals surface area contributed by atoms with Crippen molar-refractivity contribution in [2.45, 2.75) is 13.0 Å². The predicted molar refractivity (Wildman–Crippen MR) is 81.8 cm³/mol. The summed E-state index contributed by atoms with van der Waals surface area (Å²) < 4.78 is 11.0. The third-order valence-corrected chi connectivity index (χ3v) is 3.29. The smallest absolute Gasteiger partial charge is 0.169 e. The molecule has 0 aliphatic carbocycles. The molecule has 0 bridgehead atoms. The normalized spacial score (nSPS) is 11.6. The van der Waals surface area contributed by atoms with Crippen molar-refractivity contribution < 1.29 is 9.47 Å². The third kappa shape index (κ3) is 3.46. The lowest BCUT2D eigenvalue weighted by Gasteiger charge is -2.13. The Morgan fingerprint density at radius 2 is 1.86 bits per heavy atom. The van der Waals surface area contributed by atoms with Gasteiger partial charge in [0.25, 0.3) is 0 Å². The molecule has 0 aromatic heterocycles. The lowest BCUT2D eigenvalue weighted by Crippen LogP contribution is -2.04. The van der Waals surface area contributed by atoms with E-state index in [4.69, 9.17) is 32.1 Å². The van der Waals surface area contributed by atoms with Gasteiger partial charge in [-0.3, -0.25) is 0 Å². The molecule has 2 rings (SSSR count). The largest absolute Gasteiger partial charge is 0.493 e. The fraction of sp³-hybridized carbons (Fsp3) is 0.188. The van der Waals surface area contributed by atoms with E-state index in [2.05, 4.69) is 0 Å². The van der Waals surface area contributed by atoms with Crippen molar-refractivity contribution in [1.29, 1.82) is 5.26 Å².